The van der Waals surface area contributed by atoms with Gasteiger partial charge in [0.15, 0.2) is 0 Å². The van der Waals surface area contributed by atoms with Gasteiger partial charge in [-0.2, -0.15) is 4.99 Å². The topological polar surface area (TPSA) is 29.4 Å². The maximum atomic E-state index is 9.86. The third-order valence-electron chi connectivity index (χ3n) is 1.10. The number of allylic oxidation sites excluding steroid dienone is 1. The highest BCUT2D eigenvalue weighted by atomic mass is 16.1. The van der Waals surface area contributed by atoms with Crippen LogP contribution < -0.4 is 0 Å². The van der Waals surface area contributed by atoms with E-state index >= 15 is 0 Å². The van der Waals surface area contributed by atoms with Gasteiger partial charge in [0.25, 0.3) is 0 Å². The zero-order valence-corrected chi connectivity index (χ0v) is 6.72. The predicted octanol–water partition coefficient (Wildman–Crippen LogP) is 2.07. The maximum Gasteiger partial charge on any atom is 0.235 e. The molecule has 0 heterocycles. The lowest BCUT2D eigenvalue weighted by Gasteiger charge is -2.09. The number of nitrogens with zero attached hydrogens (tertiary/aromatic N) is 1. The van der Waals surface area contributed by atoms with Crippen molar-refractivity contribution in [2.75, 3.05) is 0 Å². The minimum absolute atomic E-state index is 0.377. The highest BCUT2D eigenvalue weighted by Gasteiger charge is 2.09. The third-order valence-corrected chi connectivity index (χ3v) is 1.10. The maximum absolute atomic E-state index is 9.86. The van der Waals surface area contributed by atoms with E-state index in [1.54, 1.807) is 6.08 Å². The molecule has 56 valence electrons. The van der Waals surface area contributed by atoms with E-state index in [1.165, 1.54) is 0 Å². The van der Waals surface area contributed by atoms with Crippen LogP contribution in [-0.2, 0) is 4.79 Å². The Labute approximate surface area is 61.7 Å². The largest absolute Gasteiger partial charge is 0.235 e. The molecule has 0 atom stereocenters. The second kappa shape index (κ2) is 4.02. The molecule has 0 aromatic rings. The first-order valence-corrected chi connectivity index (χ1v) is 3.39. The van der Waals surface area contributed by atoms with E-state index < -0.39 is 0 Å². The molecule has 2 heteroatoms. The third kappa shape index (κ3) is 4.04. The number of aliphatic imine (C=N–C) groups is 1. The Morgan fingerprint density at radius 2 is 2.20 bits per heavy atom. The summed E-state index contributed by atoms with van der Waals surface area (Å²) in [6, 6.07) is 0. The van der Waals surface area contributed by atoms with Crippen molar-refractivity contribution in [3.63, 3.8) is 0 Å². The van der Waals surface area contributed by atoms with Gasteiger partial charge in [-0.25, -0.2) is 4.79 Å². The molecule has 0 saturated heterocycles. The van der Waals surface area contributed by atoms with Crippen LogP contribution in [0, 0.1) is 0 Å². The van der Waals surface area contributed by atoms with Gasteiger partial charge in [-0.3, -0.25) is 0 Å². The SMILES string of the molecule is CC/C=C/C(C)(C)N=C=O. The van der Waals surface area contributed by atoms with Crippen LogP contribution >= 0.6 is 0 Å². The molecule has 0 unspecified atom stereocenters. The van der Waals surface area contributed by atoms with E-state index in [0.717, 1.165) is 6.42 Å². The van der Waals surface area contributed by atoms with Crippen LogP contribution in [0.1, 0.15) is 27.2 Å². The van der Waals surface area contributed by atoms with Gasteiger partial charge in [-0.15, -0.1) is 0 Å². The zero-order valence-electron chi connectivity index (χ0n) is 6.72. The van der Waals surface area contributed by atoms with E-state index in [9.17, 15) is 4.79 Å². The molecule has 0 aromatic carbocycles. The fraction of sp³-hybridized carbons (Fsp3) is 0.625. The van der Waals surface area contributed by atoms with Gasteiger partial charge in [0.1, 0.15) is 0 Å². The molecule has 0 aliphatic rings. The smallest absolute Gasteiger partial charge is 0.211 e. The van der Waals surface area contributed by atoms with E-state index in [4.69, 9.17) is 0 Å². The average molecular weight is 139 g/mol. The van der Waals surface area contributed by atoms with Crippen molar-refractivity contribution in [1.29, 1.82) is 0 Å². The van der Waals surface area contributed by atoms with Crippen LogP contribution in [-0.4, -0.2) is 11.6 Å². The van der Waals surface area contributed by atoms with Crippen LogP contribution in [0.15, 0.2) is 17.1 Å². The van der Waals surface area contributed by atoms with Crippen LogP contribution in [0.3, 0.4) is 0 Å². The highest BCUT2D eigenvalue weighted by Crippen LogP contribution is 2.09. The van der Waals surface area contributed by atoms with Crippen molar-refractivity contribution in [2.45, 2.75) is 32.7 Å². The average Bonchev–Trinajstić information content (AvgIpc) is 1.84. The molecule has 0 aliphatic heterocycles. The lowest BCUT2D eigenvalue weighted by Crippen LogP contribution is -2.11. The van der Waals surface area contributed by atoms with Crippen molar-refractivity contribution >= 4 is 6.08 Å². The molecule has 0 spiro atoms. The Bertz CT molecular complexity index is 164. The highest BCUT2D eigenvalue weighted by molar-refractivity contribution is 5.35. The summed E-state index contributed by atoms with van der Waals surface area (Å²) in [5.41, 5.74) is -0.377. The summed E-state index contributed by atoms with van der Waals surface area (Å²) in [5.74, 6) is 0. The zero-order chi connectivity index (χ0) is 8.04. The predicted molar refractivity (Wildman–Crippen MR) is 41.6 cm³/mol. The molecule has 0 aliphatic carbocycles. The minimum Gasteiger partial charge on any atom is -0.211 e. The molecule has 0 N–H and O–H groups in total. The van der Waals surface area contributed by atoms with Crippen molar-refractivity contribution in [3.8, 4) is 0 Å². The van der Waals surface area contributed by atoms with Gasteiger partial charge in [0.2, 0.25) is 6.08 Å². The normalized spacial score (nSPS) is 11.5. The minimum atomic E-state index is -0.377. The van der Waals surface area contributed by atoms with Gasteiger partial charge in [0, 0.05) is 0 Å². The summed E-state index contributed by atoms with van der Waals surface area (Å²) in [4.78, 5) is 13.5. The molecular formula is C8H13NO. The number of hydrogen-bond acceptors (Lipinski definition) is 2. The molecule has 0 aromatic heterocycles. The monoisotopic (exact) mass is 139 g/mol. The molecule has 0 amide bonds. The summed E-state index contributed by atoms with van der Waals surface area (Å²) in [5, 5.41) is 0. The number of isocyanates is 1. The van der Waals surface area contributed by atoms with Crippen LogP contribution in [0.2, 0.25) is 0 Å². The van der Waals surface area contributed by atoms with E-state index in [-0.39, 0.29) is 5.54 Å². The summed E-state index contributed by atoms with van der Waals surface area (Å²) < 4.78 is 0. The van der Waals surface area contributed by atoms with Gasteiger partial charge in [-0.05, 0) is 20.3 Å². The van der Waals surface area contributed by atoms with E-state index in [1.807, 2.05) is 32.9 Å². The quantitative estimate of drug-likeness (QED) is 0.334. The Balaban J connectivity index is 4.11. The Morgan fingerprint density at radius 3 is 2.60 bits per heavy atom. The van der Waals surface area contributed by atoms with Crippen molar-refractivity contribution < 1.29 is 4.79 Å². The van der Waals surface area contributed by atoms with Crippen molar-refractivity contribution in [1.82, 2.24) is 0 Å². The molecule has 0 radical (unpaired) electrons. The standard InChI is InChI=1S/C8H13NO/c1-4-5-6-8(2,3)9-7-10/h5-6H,4H2,1-3H3/b6-5+. The Kier molecular flexibility index (Phi) is 3.67. The van der Waals surface area contributed by atoms with Crippen molar-refractivity contribution in [2.24, 2.45) is 4.99 Å². The molecule has 2 nitrogen and oxygen atoms in total. The Hall–Kier alpha value is -0.880. The number of rotatable bonds is 3. The number of hydrogen-bond donors (Lipinski definition) is 0. The van der Waals surface area contributed by atoms with Crippen molar-refractivity contribution in [3.05, 3.63) is 12.2 Å². The fourth-order valence-electron chi connectivity index (χ4n) is 0.561. The fourth-order valence-corrected chi connectivity index (χ4v) is 0.561. The van der Waals surface area contributed by atoms with Crippen LogP contribution in [0.5, 0.6) is 0 Å². The van der Waals surface area contributed by atoms with E-state index in [0.29, 0.717) is 0 Å². The molecule has 0 saturated carbocycles. The lowest BCUT2D eigenvalue weighted by atomic mass is 10.1. The Morgan fingerprint density at radius 1 is 1.60 bits per heavy atom. The van der Waals surface area contributed by atoms with Crippen LogP contribution in [0.25, 0.3) is 0 Å². The summed E-state index contributed by atoms with van der Waals surface area (Å²) in [6.45, 7) is 5.77. The summed E-state index contributed by atoms with van der Waals surface area (Å²) >= 11 is 0. The first kappa shape index (κ1) is 9.12. The molecule has 10 heavy (non-hydrogen) atoms. The molecule has 0 fully saturated rings. The van der Waals surface area contributed by atoms with Gasteiger partial charge in [-0.1, -0.05) is 19.1 Å². The molecule has 0 bridgehead atoms. The van der Waals surface area contributed by atoms with Gasteiger partial charge in [0.05, 0.1) is 5.54 Å². The first-order chi connectivity index (χ1) is 4.62. The number of carbonyl (C=O) groups excluding carboxylic acids is 1. The van der Waals surface area contributed by atoms with Gasteiger partial charge < -0.3 is 0 Å². The van der Waals surface area contributed by atoms with E-state index in [2.05, 4.69) is 4.99 Å². The molecule has 0 rings (SSSR count). The van der Waals surface area contributed by atoms with Gasteiger partial charge >= 0.3 is 0 Å². The molecular weight excluding hydrogens is 126 g/mol. The second-order valence-electron chi connectivity index (χ2n) is 2.67. The van der Waals surface area contributed by atoms with Crippen LogP contribution in [0.4, 0.5) is 0 Å². The first-order valence-electron chi connectivity index (χ1n) is 3.39. The second-order valence-corrected chi connectivity index (χ2v) is 2.67. The summed E-state index contributed by atoms with van der Waals surface area (Å²) in [6.07, 6.45) is 6.40. The summed E-state index contributed by atoms with van der Waals surface area (Å²) in [7, 11) is 0. The lowest BCUT2D eigenvalue weighted by molar-refractivity contribution is 0.550.